The maximum absolute atomic E-state index is 14.5. The van der Waals surface area contributed by atoms with Crippen LogP contribution in [0.3, 0.4) is 0 Å². The highest BCUT2D eigenvalue weighted by Gasteiger charge is 2.22. The normalized spacial score (nSPS) is 16.5. The number of aromatic nitrogens is 3. The average molecular weight is 409 g/mol. The van der Waals surface area contributed by atoms with Crippen molar-refractivity contribution in [1.29, 1.82) is 0 Å². The molecule has 1 aliphatic rings. The lowest BCUT2D eigenvalue weighted by Crippen LogP contribution is -2.18. The minimum Gasteiger partial charge on any atom is -0.470 e. The molecule has 1 amide bonds. The molecule has 0 radical (unpaired) electrons. The third-order valence-corrected chi connectivity index (χ3v) is 4.65. The molecule has 7 nitrogen and oxygen atoms in total. The van der Waals surface area contributed by atoms with E-state index in [1.807, 2.05) is 0 Å². The Kier molecular flexibility index (Phi) is 4.86. The third kappa shape index (κ3) is 3.27. The van der Waals surface area contributed by atoms with Crippen LogP contribution in [0.2, 0.25) is 5.02 Å². The standard InChI is InChI=1S/C18H15ClF2N4O3/c1-22-17(26)9-4-11(16(21)13(20)5-9)14-7-23-15-6-12(19)18(24-25(14)15)28-10-2-3-27-8-10/h4-7,10H,2-3,8H2,1H3,(H,22,26). The Balaban J connectivity index is 1.83. The molecule has 0 bridgehead atoms. The van der Waals surface area contributed by atoms with Crippen LogP contribution in [0, 0.1) is 11.6 Å². The van der Waals surface area contributed by atoms with Crippen LogP contribution in [0.4, 0.5) is 8.78 Å². The van der Waals surface area contributed by atoms with Gasteiger partial charge in [0.2, 0.25) is 0 Å². The van der Waals surface area contributed by atoms with Crippen molar-refractivity contribution >= 4 is 23.2 Å². The van der Waals surface area contributed by atoms with Crippen LogP contribution < -0.4 is 10.1 Å². The van der Waals surface area contributed by atoms with Crippen LogP contribution >= 0.6 is 11.6 Å². The first-order valence-corrected chi connectivity index (χ1v) is 8.86. The van der Waals surface area contributed by atoms with Crippen LogP contribution in [0.25, 0.3) is 16.9 Å². The molecule has 1 aromatic carbocycles. The van der Waals surface area contributed by atoms with Crippen molar-refractivity contribution in [3.05, 3.63) is 46.6 Å². The van der Waals surface area contributed by atoms with Crippen LogP contribution in [-0.4, -0.2) is 46.9 Å². The van der Waals surface area contributed by atoms with Crippen LogP contribution in [0.15, 0.2) is 24.4 Å². The van der Waals surface area contributed by atoms with E-state index < -0.39 is 17.5 Å². The first-order chi connectivity index (χ1) is 13.5. The average Bonchev–Trinajstić information content (AvgIpc) is 3.33. The molecule has 146 valence electrons. The zero-order valence-electron chi connectivity index (χ0n) is 14.7. The lowest BCUT2D eigenvalue weighted by molar-refractivity contribution is 0.0962. The van der Waals surface area contributed by atoms with Crippen molar-refractivity contribution < 1.29 is 23.0 Å². The van der Waals surface area contributed by atoms with Gasteiger partial charge in [-0.1, -0.05) is 11.6 Å². The number of benzene rings is 1. The predicted octanol–water partition coefficient (Wildman–Crippen LogP) is 2.86. The lowest BCUT2D eigenvalue weighted by atomic mass is 10.1. The summed E-state index contributed by atoms with van der Waals surface area (Å²) in [5, 5.41) is 6.91. The Morgan fingerprint density at radius 1 is 1.39 bits per heavy atom. The van der Waals surface area contributed by atoms with E-state index in [4.69, 9.17) is 21.1 Å². The lowest BCUT2D eigenvalue weighted by Gasteiger charge is -2.13. The summed E-state index contributed by atoms with van der Waals surface area (Å²) in [5.41, 5.74) is 0.289. The third-order valence-electron chi connectivity index (χ3n) is 4.37. The van der Waals surface area contributed by atoms with Gasteiger partial charge in [0.25, 0.3) is 11.8 Å². The van der Waals surface area contributed by atoms with Gasteiger partial charge in [0.05, 0.1) is 25.1 Å². The minimum absolute atomic E-state index is 0.0279. The molecule has 2 aromatic heterocycles. The highest BCUT2D eigenvalue weighted by Crippen LogP contribution is 2.30. The van der Waals surface area contributed by atoms with Crippen molar-refractivity contribution in [2.45, 2.75) is 12.5 Å². The Hall–Kier alpha value is -2.78. The summed E-state index contributed by atoms with van der Waals surface area (Å²) < 4.78 is 40.9. The van der Waals surface area contributed by atoms with E-state index in [1.165, 1.54) is 29.9 Å². The number of carbonyl (C=O) groups is 1. The summed E-state index contributed by atoms with van der Waals surface area (Å²) in [6, 6.07) is 3.59. The van der Waals surface area contributed by atoms with E-state index in [2.05, 4.69) is 15.4 Å². The first kappa shape index (κ1) is 18.6. The Morgan fingerprint density at radius 3 is 2.93 bits per heavy atom. The van der Waals surface area contributed by atoms with Gasteiger partial charge < -0.3 is 14.8 Å². The monoisotopic (exact) mass is 408 g/mol. The number of fused-ring (bicyclic) bond motifs is 1. The predicted molar refractivity (Wildman–Crippen MR) is 96.6 cm³/mol. The quantitative estimate of drug-likeness (QED) is 0.718. The van der Waals surface area contributed by atoms with E-state index in [9.17, 15) is 13.6 Å². The molecule has 0 spiro atoms. The molecule has 1 saturated heterocycles. The molecule has 1 aliphatic heterocycles. The van der Waals surface area contributed by atoms with Crippen molar-refractivity contribution in [3.63, 3.8) is 0 Å². The maximum atomic E-state index is 14.5. The van der Waals surface area contributed by atoms with E-state index >= 15 is 0 Å². The van der Waals surface area contributed by atoms with Gasteiger partial charge in [0, 0.05) is 30.7 Å². The largest absolute Gasteiger partial charge is 0.470 e. The fraction of sp³-hybridized carbons (Fsp3) is 0.278. The second kappa shape index (κ2) is 7.33. The summed E-state index contributed by atoms with van der Waals surface area (Å²) >= 11 is 6.21. The SMILES string of the molecule is CNC(=O)c1cc(F)c(F)c(-c2cnc3cc(Cl)c(OC4CCOC4)nn23)c1. The molecule has 1 fully saturated rings. The number of nitrogens with zero attached hydrogens (tertiary/aromatic N) is 3. The van der Waals surface area contributed by atoms with E-state index in [-0.39, 0.29) is 33.8 Å². The van der Waals surface area contributed by atoms with Crippen LogP contribution in [0.5, 0.6) is 5.88 Å². The van der Waals surface area contributed by atoms with E-state index in [1.54, 1.807) is 0 Å². The second-order valence-electron chi connectivity index (χ2n) is 6.21. The van der Waals surface area contributed by atoms with Crippen molar-refractivity contribution in [3.8, 4) is 17.1 Å². The zero-order valence-corrected chi connectivity index (χ0v) is 15.5. The summed E-state index contributed by atoms with van der Waals surface area (Å²) in [6.07, 6.45) is 1.83. The van der Waals surface area contributed by atoms with Crippen LogP contribution in [-0.2, 0) is 4.74 Å². The highest BCUT2D eigenvalue weighted by atomic mass is 35.5. The Bertz CT molecular complexity index is 1070. The van der Waals surface area contributed by atoms with Gasteiger partial charge in [-0.05, 0) is 12.1 Å². The molecule has 3 heterocycles. The molecule has 3 aromatic rings. The number of halogens is 3. The van der Waals surface area contributed by atoms with Gasteiger partial charge in [-0.15, -0.1) is 5.10 Å². The number of ether oxygens (including phenoxy) is 2. The number of amides is 1. The van der Waals surface area contributed by atoms with E-state index in [0.717, 1.165) is 6.07 Å². The van der Waals surface area contributed by atoms with E-state index in [0.29, 0.717) is 25.3 Å². The Morgan fingerprint density at radius 2 is 2.21 bits per heavy atom. The molecule has 10 heteroatoms. The molecule has 0 aliphatic carbocycles. The molecular formula is C18H15ClF2N4O3. The van der Waals surface area contributed by atoms with Crippen molar-refractivity contribution in [1.82, 2.24) is 19.9 Å². The van der Waals surface area contributed by atoms with Gasteiger partial charge >= 0.3 is 0 Å². The molecule has 1 unspecified atom stereocenters. The minimum atomic E-state index is -1.15. The fourth-order valence-corrected chi connectivity index (χ4v) is 3.14. The molecular weight excluding hydrogens is 394 g/mol. The van der Waals surface area contributed by atoms with Gasteiger partial charge in [-0.2, -0.15) is 0 Å². The molecule has 1 atom stereocenters. The maximum Gasteiger partial charge on any atom is 0.251 e. The van der Waals surface area contributed by atoms with Gasteiger partial charge in [0.15, 0.2) is 17.3 Å². The number of carbonyl (C=O) groups excluding carboxylic acids is 1. The Labute approximate surface area is 163 Å². The molecule has 28 heavy (non-hydrogen) atoms. The highest BCUT2D eigenvalue weighted by molar-refractivity contribution is 6.32. The smallest absolute Gasteiger partial charge is 0.251 e. The summed E-state index contributed by atoms with van der Waals surface area (Å²) in [4.78, 5) is 16.0. The molecule has 1 N–H and O–H groups in total. The molecule has 0 saturated carbocycles. The van der Waals surface area contributed by atoms with Crippen molar-refractivity contribution in [2.75, 3.05) is 20.3 Å². The number of imidazole rings is 1. The number of hydrogen-bond acceptors (Lipinski definition) is 5. The number of hydrogen-bond donors (Lipinski definition) is 1. The topological polar surface area (TPSA) is 77.8 Å². The second-order valence-corrected chi connectivity index (χ2v) is 6.62. The van der Waals surface area contributed by atoms with Gasteiger partial charge in [0.1, 0.15) is 11.1 Å². The zero-order chi connectivity index (χ0) is 19.8. The van der Waals surface area contributed by atoms with Gasteiger partial charge in [-0.3, -0.25) is 4.79 Å². The number of nitrogens with one attached hydrogen (secondary N) is 1. The number of rotatable bonds is 4. The van der Waals surface area contributed by atoms with Crippen LogP contribution in [0.1, 0.15) is 16.8 Å². The summed E-state index contributed by atoms with van der Waals surface area (Å²) in [7, 11) is 1.40. The summed E-state index contributed by atoms with van der Waals surface area (Å²) in [5.74, 6) is -2.68. The first-order valence-electron chi connectivity index (χ1n) is 8.48. The summed E-state index contributed by atoms with van der Waals surface area (Å²) in [6.45, 7) is 0.998. The molecule has 4 rings (SSSR count). The fourth-order valence-electron chi connectivity index (χ4n) is 2.96. The van der Waals surface area contributed by atoms with Crippen molar-refractivity contribution in [2.24, 2.45) is 0 Å². The van der Waals surface area contributed by atoms with Gasteiger partial charge in [-0.25, -0.2) is 18.3 Å².